The first-order valence-electron chi connectivity index (χ1n) is 8.70. The molecule has 2 aromatic rings. The Kier molecular flexibility index (Phi) is 9.81. The van der Waals surface area contributed by atoms with Crippen LogP contribution in [-0.4, -0.2) is 22.8 Å². The zero-order valence-corrected chi connectivity index (χ0v) is 16.8. The zero-order valence-electron chi connectivity index (χ0n) is 16.0. The lowest BCUT2D eigenvalue weighted by atomic mass is 10.3. The maximum atomic E-state index is 11.9. The van der Waals surface area contributed by atoms with Crippen LogP contribution in [0.1, 0.15) is 33.1 Å². The average molecular weight is 399 g/mol. The fraction of sp³-hybridized carbons (Fsp3) is 0.444. The molecule has 1 aromatic carbocycles. The normalized spacial score (nSPS) is 12.4. The molecule has 0 saturated heterocycles. The summed E-state index contributed by atoms with van der Waals surface area (Å²) in [7, 11) is 1.66. The van der Waals surface area contributed by atoms with Crippen molar-refractivity contribution in [2.75, 3.05) is 29.3 Å². The summed E-state index contributed by atoms with van der Waals surface area (Å²) in [4.78, 5) is 8.29. The summed E-state index contributed by atoms with van der Waals surface area (Å²) in [6, 6.07) is 5.04. The lowest BCUT2D eigenvalue weighted by Gasteiger charge is -2.15. The van der Waals surface area contributed by atoms with Crippen LogP contribution in [0.15, 0.2) is 29.4 Å². The first-order chi connectivity index (χ1) is 12.8. The highest BCUT2D eigenvalue weighted by Crippen LogP contribution is 2.27. The first-order valence-corrected chi connectivity index (χ1v) is 9.69. The Morgan fingerprint density at radius 3 is 2.04 bits per heavy atom. The van der Waals surface area contributed by atoms with Gasteiger partial charge in [0.2, 0.25) is 0 Å². The Hall–Kier alpha value is -2.13. The van der Waals surface area contributed by atoms with Crippen molar-refractivity contribution >= 4 is 29.1 Å². The van der Waals surface area contributed by atoms with Crippen LogP contribution in [0.4, 0.5) is 26.1 Å². The van der Waals surface area contributed by atoms with Crippen LogP contribution >= 0.6 is 11.8 Å². The molecule has 0 unspecified atom stereocenters. The maximum Gasteiger partial charge on any atom is 0.191 e. The van der Waals surface area contributed by atoms with Gasteiger partial charge in [0, 0.05) is 12.8 Å². The third kappa shape index (κ3) is 8.87. The molecule has 6 N–H and O–H groups in total. The first kappa shape index (κ1) is 22.9. The summed E-state index contributed by atoms with van der Waals surface area (Å²) in [5, 5.41) is 1.94. The van der Waals surface area contributed by atoms with Gasteiger partial charge in [0.15, 0.2) is 28.4 Å². The number of anilines is 3. The summed E-state index contributed by atoms with van der Waals surface area (Å²) in [5.41, 5.74) is 11.7. The van der Waals surface area contributed by atoms with Crippen LogP contribution in [0.25, 0.3) is 0 Å². The molecule has 3 rings (SSSR count). The van der Waals surface area contributed by atoms with Gasteiger partial charge in [0.25, 0.3) is 0 Å². The summed E-state index contributed by atoms with van der Waals surface area (Å²) < 4.78 is 23.9. The van der Waals surface area contributed by atoms with E-state index in [4.69, 9.17) is 17.3 Å². The van der Waals surface area contributed by atoms with Gasteiger partial charge in [-0.2, -0.15) is 0 Å². The topological polar surface area (TPSA) is 107 Å². The van der Waals surface area contributed by atoms with E-state index in [1.165, 1.54) is 41.7 Å². The molecule has 6 nitrogen and oxygen atoms in total. The second-order valence-corrected chi connectivity index (χ2v) is 7.25. The number of nitrogen functional groups attached to an aromatic ring is 2. The average Bonchev–Trinajstić information content (AvgIpc) is 3.41. The predicted molar refractivity (Wildman–Crippen MR) is 109 cm³/mol. The van der Waals surface area contributed by atoms with Gasteiger partial charge < -0.3 is 11.5 Å². The van der Waals surface area contributed by atoms with E-state index < -0.39 is 11.6 Å². The SMILES string of the molecule is CC1CC1.CCCSc1nc(N)c(N)c(N(C)N)n1.Fc1ccccc1F. The molecular weight excluding hydrogens is 370 g/mol. The molecule has 1 heterocycles. The van der Waals surface area contributed by atoms with E-state index in [0.29, 0.717) is 16.7 Å². The smallest absolute Gasteiger partial charge is 0.191 e. The molecule has 0 spiro atoms. The number of benzene rings is 1. The Bertz CT molecular complexity index is 689. The van der Waals surface area contributed by atoms with E-state index in [0.717, 1.165) is 30.2 Å². The molecule has 0 amide bonds. The summed E-state index contributed by atoms with van der Waals surface area (Å²) in [5.74, 6) is 6.74. The van der Waals surface area contributed by atoms with Gasteiger partial charge in [-0.1, -0.05) is 50.6 Å². The van der Waals surface area contributed by atoms with Gasteiger partial charge in [-0.25, -0.2) is 24.6 Å². The monoisotopic (exact) mass is 398 g/mol. The van der Waals surface area contributed by atoms with Gasteiger partial charge in [0.1, 0.15) is 5.69 Å². The Balaban J connectivity index is 0.000000249. The highest BCUT2D eigenvalue weighted by molar-refractivity contribution is 7.99. The van der Waals surface area contributed by atoms with Crippen LogP contribution in [0.3, 0.4) is 0 Å². The minimum atomic E-state index is -0.799. The molecule has 0 bridgehead atoms. The van der Waals surface area contributed by atoms with Crippen molar-refractivity contribution in [3.8, 4) is 0 Å². The Labute approximate surface area is 163 Å². The van der Waals surface area contributed by atoms with Crippen LogP contribution in [0.5, 0.6) is 0 Å². The molecule has 1 aliphatic carbocycles. The molecule has 0 radical (unpaired) electrons. The standard InChI is InChI=1S/C8H16N6S.C6H4F2.C4H8/c1-3-4-15-8-12-6(10)5(9)7(13-8)14(2)11;7-5-3-1-2-4-6(5)8;1-4-2-3-4/h3-4,9,11H2,1-2H3,(H2,10,12,13);1-4H;4H,2-3H2,1H3. The number of nitrogens with two attached hydrogens (primary N) is 3. The fourth-order valence-corrected chi connectivity index (χ4v) is 2.29. The van der Waals surface area contributed by atoms with Gasteiger partial charge >= 0.3 is 0 Å². The second kappa shape index (κ2) is 11.6. The molecule has 27 heavy (non-hydrogen) atoms. The van der Waals surface area contributed by atoms with E-state index in [9.17, 15) is 8.78 Å². The minimum Gasteiger partial charge on any atom is -0.393 e. The van der Waals surface area contributed by atoms with Crippen LogP contribution < -0.4 is 22.3 Å². The van der Waals surface area contributed by atoms with Crippen molar-refractivity contribution in [2.45, 2.75) is 38.3 Å². The Morgan fingerprint density at radius 1 is 1.15 bits per heavy atom. The van der Waals surface area contributed by atoms with E-state index in [2.05, 4.69) is 23.8 Å². The minimum absolute atomic E-state index is 0.274. The van der Waals surface area contributed by atoms with E-state index in [-0.39, 0.29) is 5.82 Å². The second-order valence-electron chi connectivity index (χ2n) is 6.18. The molecule has 1 fully saturated rings. The quantitative estimate of drug-likeness (QED) is 0.311. The van der Waals surface area contributed by atoms with Crippen molar-refractivity contribution in [3.05, 3.63) is 35.9 Å². The number of hydrogen-bond donors (Lipinski definition) is 3. The zero-order chi connectivity index (χ0) is 20.4. The number of nitrogens with zero attached hydrogens (tertiary/aromatic N) is 3. The number of hydrazine groups is 1. The largest absolute Gasteiger partial charge is 0.393 e. The lowest BCUT2D eigenvalue weighted by Crippen LogP contribution is -2.28. The van der Waals surface area contributed by atoms with Crippen molar-refractivity contribution in [1.29, 1.82) is 0 Å². The van der Waals surface area contributed by atoms with Crippen LogP contribution in [-0.2, 0) is 0 Å². The van der Waals surface area contributed by atoms with Crippen molar-refractivity contribution in [2.24, 2.45) is 11.8 Å². The van der Waals surface area contributed by atoms with Crippen LogP contribution in [0, 0.1) is 17.6 Å². The summed E-state index contributed by atoms with van der Waals surface area (Å²) in [6.07, 6.45) is 4.02. The van der Waals surface area contributed by atoms with Gasteiger partial charge in [-0.3, -0.25) is 5.01 Å². The maximum absolute atomic E-state index is 11.9. The Morgan fingerprint density at radius 2 is 1.67 bits per heavy atom. The molecule has 1 aromatic heterocycles. The summed E-state index contributed by atoms with van der Waals surface area (Å²) in [6.45, 7) is 4.36. The number of rotatable bonds is 4. The lowest BCUT2D eigenvalue weighted by molar-refractivity contribution is 0.508. The molecule has 150 valence electrons. The molecule has 1 aliphatic rings. The van der Waals surface area contributed by atoms with E-state index >= 15 is 0 Å². The highest BCUT2D eigenvalue weighted by atomic mass is 32.2. The fourth-order valence-electron chi connectivity index (χ4n) is 1.59. The molecule has 0 aliphatic heterocycles. The molecule has 0 atom stereocenters. The third-order valence-electron chi connectivity index (χ3n) is 3.39. The summed E-state index contributed by atoms with van der Waals surface area (Å²) >= 11 is 1.53. The number of aromatic nitrogens is 2. The van der Waals surface area contributed by atoms with E-state index in [1.54, 1.807) is 7.05 Å². The van der Waals surface area contributed by atoms with Crippen molar-refractivity contribution < 1.29 is 8.78 Å². The highest BCUT2D eigenvalue weighted by Gasteiger charge is 2.12. The molecule has 1 saturated carbocycles. The van der Waals surface area contributed by atoms with Gasteiger partial charge in [-0.15, -0.1) is 0 Å². The van der Waals surface area contributed by atoms with Crippen molar-refractivity contribution in [1.82, 2.24) is 9.97 Å². The third-order valence-corrected chi connectivity index (χ3v) is 4.45. The number of thioether (sulfide) groups is 1. The van der Waals surface area contributed by atoms with Gasteiger partial charge in [-0.05, 0) is 24.5 Å². The molecule has 9 heteroatoms. The van der Waals surface area contributed by atoms with E-state index in [1.807, 2.05) is 0 Å². The van der Waals surface area contributed by atoms with Crippen LogP contribution in [0.2, 0.25) is 0 Å². The number of halogens is 2. The number of hydrogen-bond acceptors (Lipinski definition) is 7. The van der Waals surface area contributed by atoms with Gasteiger partial charge in [0.05, 0.1) is 0 Å². The van der Waals surface area contributed by atoms with Crippen molar-refractivity contribution in [3.63, 3.8) is 0 Å². The molecular formula is C18H28F2N6S. The predicted octanol–water partition coefficient (Wildman–Crippen LogP) is 3.83.